The Labute approximate surface area is 106 Å². The van der Waals surface area contributed by atoms with E-state index >= 15 is 0 Å². The Hall–Kier alpha value is 0.220. The van der Waals surface area contributed by atoms with E-state index in [1.165, 1.54) is 0 Å². The monoisotopic (exact) mass is 306 g/mol. The summed E-state index contributed by atoms with van der Waals surface area (Å²) in [5.41, 5.74) is 0. The lowest BCUT2D eigenvalue weighted by molar-refractivity contribution is 0.0256. The van der Waals surface area contributed by atoms with Gasteiger partial charge in [-0.2, -0.15) is 0 Å². The normalized spacial score (nSPS) is 18.2. The molecule has 0 saturated carbocycles. The van der Waals surface area contributed by atoms with E-state index in [0.717, 1.165) is 13.3 Å². The van der Waals surface area contributed by atoms with Crippen molar-refractivity contribution in [2.45, 2.75) is 0 Å². The van der Waals surface area contributed by atoms with Crippen LogP contribution in [0.15, 0.2) is 0 Å². The Morgan fingerprint density at radius 3 is 1.28 bits per heavy atom. The molecule has 0 bridgehead atoms. The molecule has 0 aromatic carbocycles. The molecule has 0 spiro atoms. The molecule has 110 valence electrons. The van der Waals surface area contributed by atoms with E-state index in [1.54, 1.807) is 0 Å². The highest BCUT2D eigenvalue weighted by Gasteiger charge is 2.09. The van der Waals surface area contributed by atoms with Gasteiger partial charge in [0, 0.05) is 13.3 Å². The smallest absolute Gasteiger partial charge is 0.325 e. The Morgan fingerprint density at radius 1 is 0.722 bits per heavy atom. The molecule has 0 aromatic rings. The summed E-state index contributed by atoms with van der Waals surface area (Å²) in [5, 5.41) is 0. The lowest BCUT2D eigenvalue weighted by atomic mass is 10.7. The molecule has 2 atom stereocenters. The summed E-state index contributed by atoms with van der Waals surface area (Å²) < 4.78 is 40.7. The third kappa shape index (κ3) is 16.2. The van der Waals surface area contributed by atoms with Gasteiger partial charge in [0.1, 0.15) is 0 Å². The fourth-order valence-electron chi connectivity index (χ4n) is 0.853. The van der Waals surface area contributed by atoms with Gasteiger partial charge in [-0.05, 0) is 0 Å². The van der Waals surface area contributed by atoms with Crippen molar-refractivity contribution in [3.8, 4) is 0 Å². The van der Waals surface area contributed by atoms with Gasteiger partial charge < -0.3 is 28.3 Å². The molecule has 0 aliphatic carbocycles. The number of hydrogen-bond donors (Lipinski definition) is 2. The molecule has 18 heavy (non-hydrogen) atoms. The third-order valence-electron chi connectivity index (χ3n) is 1.49. The van der Waals surface area contributed by atoms with Crippen LogP contribution in [0.1, 0.15) is 0 Å². The zero-order chi connectivity index (χ0) is 14.1. The van der Waals surface area contributed by atoms with Crippen LogP contribution in [-0.4, -0.2) is 62.8 Å². The predicted octanol–water partition coefficient (Wildman–Crippen LogP) is 0.683. The maximum Gasteiger partial charge on any atom is 0.325 e. The van der Waals surface area contributed by atoms with Crippen molar-refractivity contribution in [1.82, 2.24) is 0 Å². The molecule has 10 heteroatoms. The molecule has 0 aromatic heterocycles. The molecule has 0 saturated heterocycles. The van der Waals surface area contributed by atoms with Gasteiger partial charge in [0.15, 0.2) is 0 Å². The van der Waals surface area contributed by atoms with Gasteiger partial charge in [0.2, 0.25) is 0 Å². The third-order valence-corrected chi connectivity index (χ3v) is 2.81. The van der Waals surface area contributed by atoms with Crippen molar-refractivity contribution >= 4 is 15.2 Å². The van der Waals surface area contributed by atoms with E-state index in [4.69, 9.17) is 19.3 Å². The van der Waals surface area contributed by atoms with Crippen molar-refractivity contribution in [2.24, 2.45) is 0 Å². The van der Waals surface area contributed by atoms with E-state index in [2.05, 4.69) is 9.05 Å². The van der Waals surface area contributed by atoms with Crippen molar-refractivity contribution in [1.29, 1.82) is 0 Å². The van der Waals surface area contributed by atoms with E-state index in [0.29, 0.717) is 13.2 Å². The topological polar surface area (TPSA) is 112 Å². The Kier molecular flexibility index (Phi) is 9.29. The molecule has 0 heterocycles. The minimum Gasteiger partial charge on any atom is -0.377 e. The van der Waals surface area contributed by atoms with Gasteiger partial charge in [-0.15, -0.1) is 0 Å². The second-order valence-corrected chi connectivity index (χ2v) is 7.23. The summed E-state index contributed by atoms with van der Waals surface area (Å²) in [5.74, 6) is 0. The van der Waals surface area contributed by atoms with Gasteiger partial charge in [-0.1, -0.05) is 0 Å². The first-order valence-corrected chi connectivity index (χ1v) is 9.31. The first-order valence-electron chi connectivity index (χ1n) is 5.26. The summed E-state index contributed by atoms with van der Waals surface area (Å²) in [6, 6.07) is 0. The Balaban J connectivity index is 3.17. The van der Waals surface area contributed by atoms with Crippen LogP contribution >= 0.6 is 15.2 Å². The second kappa shape index (κ2) is 9.18. The fourth-order valence-corrected chi connectivity index (χ4v) is 1.68. The van der Waals surface area contributed by atoms with Crippen LogP contribution in [0.25, 0.3) is 0 Å². The van der Waals surface area contributed by atoms with Crippen molar-refractivity contribution < 1.29 is 37.4 Å². The molecule has 2 unspecified atom stereocenters. The highest BCUT2D eigenvalue weighted by molar-refractivity contribution is 7.52. The highest BCUT2D eigenvalue weighted by atomic mass is 31.2. The maximum atomic E-state index is 10.7. The average Bonchev–Trinajstić information content (AvgIpc) is 2.17. The molecule has 8 nitrogen and oxygen atoms in total. The average molecular weight is 306 g/mol. The molecular formula is C8H20O8P2. The van der Waals surface area contributed by atoms with Crippen LogP contribution in [0, 0.1) is 0 Å². The van der Waals surface area contributed by atoms with Crippen LogP contribution in [0.2, 0.25) is 0 Å². The molecule has 2 N–H and O–H groups in total. The fraction of sp³-hybridized carbons (Fsp3) is 1.00. The van der Waals surface area contributed by atoms with Gasteiger partial charge in [-0.3, -0.25) is 9.13 Å². The zero-order valence-corrected chi connectivity index (χ0v) is 12.3. The van der Waals surface area contributed by atoms with Gasteiger partial charge in [-0.25, -0.2) is 0 Å². The largest absolute Gasteiger partial charge is 0.377 e. The minimum absolute atomic E-state index is 0.0386. The van der Waals surface area contributed by atoms with Crippen LogP contribution in [0.3, 0.4) is 0 Å². The summed E-state index contributed by atoms with van der Waals surface area (Å²) in [7, 11) is -6.86. The molecule has 0 radical (unpaired) electrons. The second-order valence-electron chi connectivity index (χ2n) is 3.50. The van der Waals surface area contributed by atoms with Crippen LogP contribution in [0.4, 0.5) is 0 Å². The first-order chi connectivity index (χ1) is 8.21. The van der Waals surface area contributed by atoms with E-state index < -0.39 is 15.2 Å². The van der Waals surface area contributed by atoms with Gasteiger partial charge >= 0.3 is 15.2 Å². The lowest BCUT2D eigenvalue weighted by Crippen LogP contribution is -2.11. The molecular weight excluding hydrogens is 286 g/mol. The number of hydrogen-bond acceptors (Lipinski definition) is 6. The number of rotatable bonds is 11. The molecule has 0 rings (SSSR count). The van der Waals surface area contributed by atoms with Gasteiger partial charge in [0.25, 0.3) is 0 Å². The first kappa shape index (κ1) is 18.2. The van der Waals surface area contributed by atoms with Crippen LogP contribution < -0.4 is 0 Å². The summed E-state index contributed by atoms with van der Waals surface area (Å²) in [4.78, 5) is 17.6. The standard InChI is InChI=1S/C8H20O8P2/c1-17(9,10)15-7-5-13-3-4-14-6-8-16-18(2,11)12/h3-8H2,1-2H3,(H,9,10)(H,11,12). The van der Waals surface area contributed by atoms with Crippen molar-refractivity contribution in [2.75, 3.05) is 53.0 Å². The quantitative estimate of drug-likeness (QED) is 0.423. The van der Waals surface area contributed by atoms with Crippen LogP contribution in [0.5, 0.6) is 0 Å². The highest BCUT2D eigenvalue weighted by Crippen LogP contribution is 2.36. The Morgan fingerprint density at radius 2 is 1.00 bits per heavy atom. The van der Waals surface area contributed by atoms with Gasteiger partial charge in [0.05, 0.1) is 39.6 Å². The summed E-state index contributed by atoms with van der Waals surface area (Å²) >= 11 is 0. The summed E-state index contributed by atoms with van der Waals surface area (Å²) in [6.07, 6.45) is 0. The van der Waals surface area contributed by atoms with Crippen molar-refractivity contribution in [3.63, 3.8) is 0 Å². The lowest BCUT2D eigenvalue weighted by Gasteiger charge is -2.09. The number of ether oxygens (including phenoxy) is 2. The molecule has 0 fully saturated rings. The maximum absolute atomic E-state index is 10.7. The van der Waals surface area contributed by atoms with E-state index in [-0.39, 0.29) is 26.4 Å². The molecule has 0 amide bonds. The SMILES string of the molecule is CP(=O)(O)OCCOCCOCCOP(C)(=O)O. The predicted molar refractivity (Wildman–Crippen MR) is 65.0 cm³/mol. The molecule has 0 aliphatic heterocycles. The minimum atomic E-state index is -3.43. The zero-order valence-electron chi connectivity index (χ0n) is 10.5. The Bertz CT molecular complexity index is 265. The van der Waals surface area contributed by atoms with Crippen LogP contribution in [-0.2, 0) is 27.7 Å². The summed E-state index contributed by atoms with van der Waals surface area (Å²) in [6.45, 7) is 3.26. The van der Waals surface area contributed by atoms with E-state index in [9.17, 15) is 9.13 Å². The molecule has 0 aliphatic rings. The van der Waals surface area contributed by atoms with E-state index in [1.807, 2.05) is 0 Å². The van der Waals surface area contributed by atoms with Crippen molar-refractivity contribution in [3.05, 3.63) is 0 Å².